The molecule has 2 atom stereocenters. The number of thiocarbonyl (C=S) groups is 3. The first kappa shape index (κ1) is 11.7. The Kier molecular flexibility index (Phi) is 4.42. The molecule has 0 N–H and O–H groups in total. The van der Waals surface area contributed by atoms with Gasteiger partial charge in [0.15, 0.2) is 0 Å². The zero-order valence-electron chi connectivity index (χ0n) is 7.45. The van der Waals surface area contributed by atoms with Gasteiger partial charge in [-0.2, -0.15) is 12.6 Å². The fourth-order valence-electron chi connectivity index (χ4n) is 1.46. The normalized spacial score (nSPS) is 28.6. The van der Waals surface area contributed by atoms with E-state index in [1.165, 1.54) is 12.8 Å². The van der Waals surface area contributed by atoms with Crippen LogP contribution < -0.4 is 0 Å². The van der Waals surface area contributed by atoms with Crippen molar-refractivity contribution in [2.75, 3.05) is 0 Å². The van der Waals surface area contributed by atoms with E-state index in [4.69, 9.17) is 36.7 Å². The zero-order valence-corrected chi connectivity index (χ0v) is 10.8. The van der Waals surface area contributed by atoms with E-state index in [1.807, 2.05) is 0 Å². The Morgan fingerprint density at radius 1 is 1.23 bits per heavy atom. The third-order valence-electron chi connectivity index (χ3n) is 2.30. The molecule has 0 aromatic heterocycles. The second-order valence-electron chi connectivity index (χ2n) is 3.25. The molecule has 1 saturated carbocycles. The van der Waals surface area contributed by atoms with Crippen molar-refractivity contribution in [3.8, 4) is 0 Å². The Labute approximate surface area is 101 Å². The Bertz CT molecular complexity index is 256. The van der Waals surface area contributed by atoms with Crippen molar-refractivity contribution in [1.82, 2.24) is 0 Å². The van der Waals surface area contributed by atoms with E-state index in [0.29, 0.717) is 10.8 Å². The second-order valence-corrected chi connectivity index (χ2v) is 5.10. The highest BCUT2D eigenvalue weighted by molar-refractivity contribution is 7.97. The molecule has 0 nitrogen and oxygen atoms in total. The van der Waals surface area contributed by atoms with Gasteiger partial charge in [-0.1, -0.05) is 56.4 Å². The highest BCUT2D eigenvalue weighted by atomic mass is 32.1. The molecule has 1 aliphatic carbocycles. The smallest absolute Gasteiger partial charge is 0.0670 e. The van der Waals surface area contributed by atoms with Gasteiger partial charge >= 0.3 is 0 Å². The molecule has 0 aliphatic heterocycles. The van der Waals surface area contributed by atoms with Gasteiger partial charge in [0.1, 0.15) is 0 Å². The second kappa shape index (κ2) is 4.91. The molecular weight excluding hydrogens is 236 g/mol. The molecule has 0 aromatic carbocycles. The Morgan fingerprint density at radius 3 is 2.23 bits per heavy atom. The van der Waals surface area contributed by atoms with Gasteiger partial charge in [-0.15, -0.1) is 0 Å². The fraction of sp³-hybridized carbons (Fsp3) is 0.667. The van der Waals surface area contributed by atoms with Crippen molar-refractivity contribution in [1.29, 1.82) is 0 Å². The summed E-state index contributed by atoms with van der Waals surface area (Å²) in [5.41, 5.74) is 0. The molecule has 13 heavy (non-hydrogen) atoms. The van der Waals surface area contributed by atoms with E-state index in [1.54, 1.807) is 0 Å². The van der Waals surface area contributed by atoms with Crippen molar-refractivity contribution in [3.63, 3.8) is 0 Å². The molecule has 1 fully saturated rings. The van der Waals surface area contributed by atoms with Gasteiger partial charge in [0.2, 0.25) is 0 Å². The third kappa shape index (κ3) is 2.35. The SMILES string of the molecule is CCCCC1C(=S)C(=S)C(=S)C1S. The van der Waals surface area contributed by atoms with Crippen LogP contribution in [0, 0.1) is 5.92 Å². The first-order valence-electron chi connectivity index (χ1n) is 4.40. The number of unbranched alkanes of at least 4 members (excludes halogenated alkanes) is 1. The lowest BCUT2D eigenvalue weighted by atomic mass is 10.0. The molecule has 0 spiro atoms. The molecule has 1 aliphatic rings. The average Bonchev–Trinajstić information content (AvgIpc) is 2.30. The molecule has 0 heterocycles. The molecule has 0 bridgehead atoms. The summed E-state index contributed by atoms with van der Waals surface area (Å²) in [6.45, 7) is 2.17. The van der Waals surface area contributed by atoms with Crippen LogP contribution in [0.25, 0.3) is 0 Å². The number of rotatable bonds is 3. The first-order chi connectivity index (χ1) is 6.09. The van der Waals surface area contributed by atoms with E-state index < -0.39 is 0 Å². The Morgan fingerprint density at radius 2 is 1.85 bits per heavy atom. The van der Waals surface area contributed by atoms with Crippen LogP contribution in [0.1, 0.15) is 26.2 Å². The molecular formula is C9H12S4. The van der Waals surface area contributed by atoms with Gasteiger partial charge in [-0.25, -0.2) is 0 Å². The lowest BCUT2D eigenvalue weighted by molar-refractivity contribution is 0.624. The first-order valence-corrected chi connectivity index (χ1v) is 6.14. The van der Waals surface area contributed by atoms with Gasteiger partial charge in [0, 0.05) is 20.9 Å². The Hall–Kier alpha value is 0.620. The van der Waals surface area contributed by atoms with Crippen LogP contribution in [0.2, 0.25) is 0 Å². The molecule has 0 aromatic rings. The van der Waals surface area contributed by atoms with E-state index in [9.17, 15) is 0 Å². The zero-order chi connectivity index (χ0) is 10.0. The summed E-state index contributed by atoms with van der Waals surface area (Å²) in [5.74, 6) is 0.318. The predicted octanol–water partition coefficient (Wildman–Crippen LogP) is 3.21. The standard InChI is InChI=1S/C9H12S4/c1-2-3-4-5-6(10)8(12)9(13)7(5)11/h5-6,10H,2-4H2,1H3. The molecule has 2 unspecified atom stereocenters. The summed E-state index contributed by atoms with van der Waals surface area (Å²) in [7, 11) is 0. The van der Waals surface area contributed by atoms with Gasteiger partial charge in [-0.3, -0.25) is 0 Å². The van der Waals surface area contributed by atoms with Crippen molar-refractivity contribution in [2.45, 2.75) is 31.4 Å². The number of hydrogen-bond acceptors (Lipinski definition) is 4. The summed E-state index contributed by atoms with van der Waals surface area (Å²) in [4.78, 5) is 2.36. The van der Waals surface area contributed by atoms with Crippen LogP contribution in [0.5, 0.6) is 0 Å². The van der Waals surface area contributed by atoms with Crippen LogP contribution in [0.4, 0.5) is 0 Å². The summed E-state index contributed by atoms with van der Waals surface area (Å²) in [5, 5.41) is 0.0987. The minimum atomic E-state index is 0.0987. The highest BCUT2D eigenvalue weighted by Crippen LogP contribution is 2.29. The highest BCUT2D eigenvalue weighted by Gasteiger charge is 2.37. The summed E-state index contributed by atoms with van der Waals surface area (Å²) in [6, 6.07) is 0. The topological polar surface area (TPSA) is 0 Å². The largest absolute Gasteiger partial charge is 0.169 e. The molecule has 4 heteroatoms. The summed E-state index contributed by atoms with van der Waals surface area (Å²) >= 11 is 20.0. The Balaban J connectivity index is 2.70. The van der Waals surface area contributed by atoms with Crippen molar-refractivity contribution in [2.24, 2.45) is 5.92 Å². The van der Waals surface area contributed by atoms with Crippen LogP contribution in [-0.2, 0) is 0 Å². The van der Waals surface area contributed by atoms with Crippen LogP contribution in [0.3, 0.4) is 0 Å². The third-order valence-corrected chi connectivity index (χ3v) is 4.76. The van der Waals surface area contributed by atoms with Crippen LogP contribution >= 0.6 is 49.3 Å². The van der Waals surface area contributed by atoms with Crippen molar-refractivity contribution < 1.29 is 0 Å². The van der Waals surface area contributed by atoms with E-state index in [0.717, 1.165) is 16.1 Å². The minimum absolute atomic E-state index is 0.0987. The van der Waals surface area contributed by atoms with Gasteiger partial charge in [-0.05, 0) is 6.42 Å². The summed E-state index contributed by atoms with van der Waals surface area (Å²) < 4.78 is 0. The maximum atomic E-state index is 5.25. The fourth-order valence-corrected chi connectivity index (χ4v) is 3.06. The van der Waals surface area contributed by atoms with Crippen molar-refractivity contribution in [3.05, 3.63) is 0 Å². The lowest BCUT2D eigenvalue weighted by Gasteiger charge is -2.12. The van der Waals surface area contributed by atoms with Crippen molar-refractivity contribution >= 4 is 63.9 Å². The lowest BCUT2D eigenvalue weighted by Crippen LogP contribution is -2.16. The van der Waals surface area contributed by atoms with Gasteiger partial charge in [0.25, 0.3) is 0 Å². The molecule has 0 saturated heterocycles. The van der Waals surface area contributed by atoms with Crippen LogP contribution in [0.15, 0.2) is 0 Å². The van der Waals surface area contributed by atoms with Gasteiger partial charge < -0.3 is 0 Å². The van der Waals surface area contributed by atoms with Crippen LogP contribution in [-0.4, -0.2) is 19.8 Å². The average molecular weight is 248 g/mol. The molecule has 0 amide bonds. The maximum absolute atomic E-state index is 5.25. The number of hydrogen-bond donors (Lipinski definition) is 1. The van der Waals surface area contributed by atoms with E-state index >= 15 is 0 Å². The van der Waals surface area contributed by atoms with E-state index in [-0.39, 0.29) is 5.25 Å². The quantitative estimate of drug-likeness (QED) is 0.602. The summed E-state index contributed by atoms with van der Waals surface area (Å²) in [6.07, 6.45) is 3.43. The minimum Gasteiger partial charge on any atom is -0.169 e. The number of thiol groups is 1. The monoisotopic (exact) mass is 248 g/mol. The molecule has 0 radical (unpaired) electrons. The van der Waals surface area contributed by atoms with Gasteiger partial charge in [0.05, 0.1) is 4.86 Å². The maximum Gasteiger partial charge on any atom is 0.0670 e. The molecule has 72 valence electrons. The van der Waals surface area contributed by atoms with E-state index in [2.05, 4.69) is 19.6 Å². The predicted molar refractivity (Wildman–Crippen MR) is 73.6 cm³/mol. The molecule has 1 rings (SSSR count).